The van der Waals surface area contributed by atoms with E-state index in [4.69, 9.17) is 5.11 Å². The molecule has 0 spiro atoms. The van der Waals surface area contributed by atoms with Gasteiger partial charge in [-0.1, -0.05) is 0 Å². The van der Waals surface area contributed by atoms with Gasteiger partial charge in [0, 0.05) is 18.0 Å². The number of nitrogens with one attached hydrogen (secondary N) is 1. The normalized spacial score (nSPS) is 9.50. The minimum atomic E-state index is -1.41. The van der Waals surface area contributed by atoms with Crippen molar-refractivity contribution < 1.29 is 19.8 Å². The third kappa shape index (κ3) is 2.27. The van der Waals surface area contributed by atoms with Crippen LogP contribution in [0.2, 0.25) is 0 Å². The van der Waals surface area contributed by atoms with Crippen molar-refractivity contribution in [3.05, 3.63) is 29.6 Å². The third-order valence-electron chi connectivity index (χ3n) is 1.48. The van der Waals surface area contributed by atoms with E-state index in [2.05, 4.69) is 10.3 Å². The molecule has 1 rings (SSSR count). The fraction of sp³-hybridized carbons (Fsp3) is 0.125. The molecule has 0 bridgehead atoms. The summed E-state index contributed by atoms with van der Waals surface area (Å²) in [6, 6.07) is 1.12. The number of aliphatic hydroxyl groups excluding tert-OH is 1. The largest absolute Gasteiger partial charge is 0.545 e. The van der Waals surface area contributed by atoms with Gasteiger partial charge >= 0.3 is 0 Å². The fourth-order valence-electron chi connectivity index (χ4n) is 0.850. The summed E-state index contributed by atoms with van der Waals surface area (Å²) in [5.74, 6) is -2.00. The average molecular weight is 195 g/mol. The van der Waals surface area contributed by atoms with E-state index >= 15 is 0 Å². The van der Waals surface area contributed by atoms with Crippen LogP contribution < -0.4 is 10.4 Å². The van der Waals surface area contributed by atoms with Crippen molar-refractivity contribution in [2.75, 3.05) is 6.73 Å². The van der Waals surface area contributed by atoms with Gasteiger partial charge in [-0.2, -0.15) is 0 Å². The third-order valence-corrected chi connectivity index (χ3v) is 1.48. The van der Waals surface area contributed by atoms with E-state index in [0.29, 0.717) is 0 Å². The monoisotopic (exact) mass is 195 g/mol. The Hall–Kier alpha value is -1.95. The first-order valence-electron chi connectivity index (χ1n) is 3.70. The summed E-state index contributed by atoms with van der Waals surface area (Å²) in [7, 11) is 0. The van der Waals surface area contributed by atoms with Crippen molar-refractivity contribution in [2.45, 2.75) is 0 Å². The molecule has 1 amide bonds. The van der Waals surface area contributed by atoms with Gasteiger partial charge in [0.1, 0.15) is 6.73 Å². The topological polar surface area (TPSA) is 102 Å². The number of hydrogen-bond acceptors (Lipinski definition) is 5. The molecule has 0 unspecified atom stereocenters. The highest BCUT2D eigenvalue weighted by Gasteiger charge is 2.05. The molecule has 0 saturated heterocycles. The number of nitrogens with zero attached hydrogens (tertiary/aromatic N) is 1. The van der Waals surface area contributed by atoms with Gasteiger partial charge in [0.2, 0.25) is 0 Å². The second kappa shape index (κ2) is 4.33. The van der Waals surface area contributed by atoms with Gasteiger partial charge in [0.25, 0.3) is 5.91 Å². The van der Waals surface area contributed by atoms with Gasteiger partial charge in [-0.3, -0.25) is 9.78 Å². The maximum absolute atomic E-state index is 11.1. The van der Waals surface area contributed by atoms with Crippen LogP contribution >= 0.6 is 0 Å². The molecule has 0 atom stereocenters. The van der Waals surface area contributed by atoms with E-state index in [1.54, 1.807) is 0 Å². The van der Waals surface area contributed by atoms with E-state index in [-0.39, 0.29) is 11.1 Å². The SMILES string of the molecule is O=C([O-])c1cncc(C(=O)NCO)c1. The summed E-state index contributed by atoms with van der Waals surface area (Å²) < 4.78 is 0. The van der Waals surface area contributed by atoms with Crippen molar-refractivity contribution >= 4 is 11.9 Å². The van der Waals surface area contributed by atoms with Crippen molar-refractivity contribution in [3.63, 3.8) is 0 Å². The van der Waals surface area contributed by atoms with Crippen LogP contribution in [0.15, 0.2) is 18.5 Å². The Morgan fingerprint density at radius 2 is 2.07 bits per heavy atom. The van der Waals surface area contributed by atoms with Gasteiger partial charge in [-0.25, -0.2) is 0 Å². The van der Waals surface area contributed by atoms with Gasteiger partial charge < -0.3 is 20.3 Å². The summed E-state index contributed by atoms with van der Waals surface area (Å²) in [5, 5.41) is 20.9. The molecule has 0 saturated carbocycles. The van der Waals surface area contributed by atoms with Crippen LogP contribution in [0.25, 0.3) is 0 Å². The first-order valence-corrected chi connectivity index (χ1v) is 3.70. The number of carboxylic acid groups (broad SMARTS) is 1. The number of carboxylic acids is 1. The number of amides is 1. The lowest BCUT2D eigenvalue weighted by Gasteiger charge is -2.04. The van der Waals surface area contributed by atoms with Crippen molar-refractivity contribution in [1.82, 2.24) is 10.3 Å². The van der Waals surface area contributed by atoms with Crippen LogP contribution in [0.3, 0.4) is 0 Å². The zero-order valence-electron chi connectivity index (χ0n) is 7.06. The second-order valence-corrected chi connectivity index (χ2v) is 2.41. The molecule has 0 aliphatic rings. The molecule has 1 heterocycles. The summed E-state index contributed by atoms with van der Waals surface area (Å²) in [4.78, 5) is 25.0. The molecule has 1 aromatic rings. The number of aliphatic hydroxyl groups is 1. The number of aromatic carboxylic acids is 1. The van der Waals surface area contributed by atoms with E-state index in [1.807, 2.05) is 0 Å². The number of carbonyl (C=O) groups is 2. The Kier molecular flexibility index (Phi) is 3.14. The predicted octanol–water partition coefficient (Wildman–Crippen LogP) is -1.88. The van der Waals surface area contributed by atoms with E-state index in [9.17, 15) is 14.7 Å². The molecular weight excluding hydrogens is 188 g/mol. The summed E-state index contributed by atoms with van der Waals surface area (Å²) in [6.07, 6.45) is 2.27. The maximum atomic E-state index is 11.1. The molecule has 6 nitrogen and oxygen atoms in total. The van der Waals surface area contributed by atoms with Gasteiger partial charge in [0.05, 0.1) is 11.5 Å². The molecular formula is C8H7N2O4-. The highest BCUT2D eigenvalue weighted by molar-refractivity contribution is 5.96. The lowest BCUT2D eigenvalue weighted by Crippen LogP contribution is -2.26. The Labute approximate surface area is 79.2 Å². The summed E-state index contributed by atoms with van der Waals surface area (Å²) >= 11 is 0. The summed E-state index contributed by atoms with van der Waals surface area (Å²) in [5.41, 5.74) is -0.128. The molecule has 0 aliphatic heterocycles. The fourth-order valence-corrected chi connectivity index (χ4v) is 0.850. The lowest BCUT2D eigenvalue weighted by molar-refractivity contribution is -0.255. The maximum Gasteiger partial charge on any atom is 0.254 e. The summed E-state index contributed by atoms with van der Waals surface area (Å²) in [6.45, 7) is -0.519. The zero-order valence-corrected chi connectivity index (χ0v) is 7.06. The van der Waals surface area contributed by atoms with Crippen LogP contribution in [0.4, 0.5) is 0 Å². The Balaban J connectivity index is 2.93. The predicted molar refractivity (Wildman–Crippen MR) is 43.1 cm³/mol. The van der Waals surface area contributed by atoms with Gasteiger partial charge in [-0.15, -0.1) is 0 Å². The average Bonchev–Trinajstić information content (AvgIpc) is 2.18. The highest BCUT2D eigenvalue weighted by atomic mass is 16.4. The van der Waals surface area contributed by atoms with E-state index in [0.717, 1.165) is 12.3 Å². The molecule has 2 N–H and O–H groups in total. The van der Waals surface area contributed by atoms with Crippen molar-refractivity contribution in [3.8, 4) is 0 Å². The van der Waals surface area contributed by atoms with Crippen LogP contribution in [0.5, 0.6) is 0 Å². The molecule has 1 aromatic heterocycles. The number of aromatic nitrogens is 1. The minimum Gasteiger partial charge on any atom is -0.545 e. The Bertz CT molecular complexity index is 364. The molecule has 0 aromatic carbocycles. The highest BCUT2D eigenvalue weighted by Crippen LogP contribution is 2.01. The molecule has 0 aliphatic carbocycles. The van der Waals surface area contributed by atoms with Crippen LogP contribution in [-0.2, 0) is 0 Å². The van der Waals surface area contributed by atoms with Crippen LogP contribution in [0, 0.1) is 0 Å². The molecule has 0 fully saturated rings. The molecule has 14 heavy (non-hydrogen) atoms. The second-order valence-electron chi connectivity index (χ2n) is 2.41. The van der Waals surface area contributed by atoms with E-state index < -0.39 is 18.6 Å². The molecule has 0 radical (unpaired) electrons. The van der Waals surface area contributed by atoms with Crippen molar-refractivity contribution in [1.29, 1.82) is 0 Å². The Morgan fingerprint density at radius 1 is 1.43 bits per heavy atom. The van der Waals surface area contributed by atoms with E-state index in [1.165, 1.54) is 6.20 Å². The molecule has 6 heteroatoms. The number of hydrogen-bond donors (Lipinski definition) is 2. The Morgan fingerprint density at radius 3 is 2.64 bits per heavy atom. The molecule has 74 valence electrons. The standard InChI is InChI=1S/C8H8N2O4/c11-4-10-7(12)5-1-6(8(13)14)3-9-2-5/h1-3,11H,4H2,(H,10,12)(H,13,14)/p-1. The van der Waals surface area contributed by atoms with Gasteiger partial charge in [0.15, 0.2) is 0 Å². The van der Waals surface area contributed by atoms with Gasteiger partial charge in [-0.05, 0) is 6.07 Å². The van der Waals surface area contributed by atoms with Crippen LogP contribution in [0.1, 0.15) is 20.7 Å². The zero-order chi connectivity index (χ0) is 10.6. The quantitative estimate of drug-likeness (QED) is 0.550. The number of carbonyl (C=O) groups excluding carboxylic acids is 2. The smallest absolute Gasteiger partial charge is 0.254 e. The van der Waals surface area contributed by atoms with Crippen LogP contribution in [-0.4, -0.2) is 28.7 Å². The van der Waals surface area contributed by atoms with Crippen molar-refractivity contribution in [2.24, 2.45) is 0 Å². The first kappa shape index (κ1) is 10.1. The first-order chi connectivity index (χ1) is 6.65. The number of pyridine rings is 1. The number of rotatable bonds is 3. The minimum absolute atomic E-state index is 0.0563. The lowest BCUT2D eigenvalue weighted by atomic mass is 10.2.